The Kier molecular flexibility index (Phi) is 5.29. The highest BCUT2D eigenvalue weighted by molar-refractivity contribution is 5.95. The van der Waals surface area contributed by atoms with Gasteiger partial charge in [0.2, 0.25) is 0 Å². The number of hydrogen-bond acceptors (Lipinski definition) is 5. The van der Waals surface area contributed by atoms with Crippen molar-refractivity contribution < 1.29 is 14.3 Å². The van der Waals surface area contributed by atoms with Crippen molar-refractivity contribution in [3.63, 3.8) is 0 Å². The number of nitrogens with zero attached hydrogens (tertiary/aromatic N) is 3. The smallest absolute Gasteiger partial charge is 0.194 e. The SMILES string of the molecule is CCOCC1CCC(n2cnc(C=O)c2NC(N)=NC)O1. The zero-order valence-corrected chi connectivity index (χ0v) is 12.3. The van der Waals surface area contributed by atoms with Gasteiger partial charge in [0.15, 0.2) is 12.2 Å². The lowest BCUT2D eigenvalue weighted by Crippen LogP contribution is -2.25. The molecule has 21 heavy (non-hydrogen) atoms. The van der Waals surface area contributed by atoms with Crippen molar-refractivity contribution in [1.29, 1.82) is 0 Å². The number of anilines is 1. The van der Waals surface area contributed by atoms with Gasteiger partial charge in [-0.1, -0.05) is 0 Å². The number of nitrogens with one attached hydrogen (secondary N) is 1. The Hall–Kier alpha value is -1.93. The number of carbonyl (C=O) groups is 1. The third kappa shape index (κ3) is 3.59. The van der Waals surface area contributed by atoms with Crippen molar-refractivity contribution in [1.82, 2.24) is 9.55 Å². The van der Waals surface area contributed by atoms with Crippen LogP contribution >= 0.6 is 0 Å². The summed E-state index contributed by atoms with van der Waals surface area (Å²) in [7, 11) is 1.56. The Labute approximate surface area is 123 Å². The van der Waals surface area contributed by atoms with Crippen LogP contribution in [-0.4, -0.2) is 48.2 Å². The van der Waals surface area contributed by atoms with Crippen molar-refractivity contribution in [3.8, 4) is 0 Å². The molecule has 2 heterocycles. The largest absolute Gasteiger partial charge is 0.379 e. The van der Waals surface area contributed by atoms with Crippen LogP contribution in [0.25, 0.3) is 0 Å². The minimum absolute atomic E-state index is 0.0575. The van der Waals surface area contributed by atoms with E-state index in [0.717, 1.165) is 12.8 Å². The van der Waals surface area contributed by atoms with Gasteiger partial charge in [0.1, 0.15) is 17.7 Å². The van der Waals surface area contributed by atoms with Gasteiger partial charge in [-0.15, -0.1) is 0 Å². The Morgan fingerprint density at radius 1 is 1.71 bits per heavy atom. The minimum Gasteiger partial charge on any atom is -0.379 e. The quantitative estimate of drug-likeness (QED) is 0.456. The van der Waals surface area contributed by atoms with E-state index in [2.05, 4.69) is 15.3 Å². The van der Waals surface area contributed by atoms with Gasteiger partial charge in [-0.2, -0.15) is 0 Å². The second-order valence-corrected chi connectivity index (χ2v) is 4.69. The van der Waals surface area contributed by atoms with Gasteiger partial charge in [-0.25, -0.2) is 4.98 Å². The molecule has 0 bridgehead atoms. The molecule has 2 atom stereocenters. The van der Waals surface area contributed by atoms with Gasteiger partial charge in [0, 0.05) is 13.7 Å². The summed E-state index contributed by atoms with van der Waals surface area (Å²) in [6, 6.07) is 0. The molecule has 1 saturated heterocycles. The zero-order valence-electron chi connectivity index (χ0n) is 12.3. The van der Waals surface area contributed by atoms with E-state index in [1.54, 1.807) is 17.9 Å². The van der Waals surface area contributed by atoms with Crippen LogP contribution in [0.1, 0.15) is 36.5 Å². The van der Waals surface area contributed by atoms with Crippen molar-refractivity contribution in [3.05, 3.63) is 12.0 Å². The topological polar surface area (TPSA) is 104 Å². The lowest BCUT2D eigenvalue weighted by atomic mass is 10.2. The first-order valence-electron chi connectivity index (χ1n) is 6.94. The molecule has 1 aliphatic rings. The molecule has 0 spiro atoms. The average Bonchev–Trinajstić information content (AvgIpc) is 3.11. The van der Waals surface area contributed by atoms with E-state index in [4.69, 9.17) is 15.2 Å². The summed E-state index contributed by atoms with van der Waals surface area (Å²) < 4.78 is 13.1. The Bertz CT molecular complexity index is 514. The van der Waals surface area contributed by atoms with Gasteiger partial charge in [0.25, 0.3) is 0 Å². The third-order valence-electron chi connectivity index (χ3n) is 3.32. The predicted molar refractivity (Wildman–Crippen MR) is 78.4 cm³/mol. The number of aromatic nitrogens is 2. The molecule has 3 N–H and O–H groups in total. The van der Waals surface area contributed by atoms with E-state index >= 15 is 0 Å². The fraction of sp³-hybridized carbons (Fsp3) is 0.615. The summed E-state index contributed by atoms with van der Waals surface area (Å²) in [5.74, 6) is 0.707. The highest BCUT2D eigenvalue weighted by atomic mass is 16.5. The molecule has 8 heteroatoms. The molecular formula is C13H21N5O3. The Morgan fingerprint density at radius 3 is 3.19 bits per heavy atom. The van der Waals surface area contributed by atoms with Gasteiger partial charge in [-0.05, 0) is 19.8 Å². The maximum Gasteiger partial charge on any atom is 0.194 e. The van der Waals surface area contributed by atoms with Gasteiger partial charge in [-0.3, -0.25) is 14.4 Å². The molecule has 1 fully saturated rings. The molecule has 1 aliphatic heterocycles. The lowest BCUT2D eigenvalue weighted by molar-refractivity contribution is -0.0383. The second kappa shape index (κ2) is 7.19. The predicted octanol–water partition coefficient (Wildman–Crippen LogP) is 0.766. The van der Waals surface area contributed by atoms with Crippen molar-refractivity contribution in [2.24, 2.45) is 10.7 Å². The van der Waals surface area contributed by atoms with Crippen LogP contribution in [0.15, 0.2) is 11.3 Å². The number of rotatable bonds is 6. The number of aldehydes is 1. The van der Waals surface area contributed by atoms with Crippen LogP contribution in [0.5, 0.6) is 0 Å². The maximum absolute atomic E-state index is 11.1. The van der Waals surface area contributed by atoms with Crippen LogP contribution in [0.3, 0.4) is 0 Å². The highest BCUT2D eigenvalue weighted by Gasteiger charge is 2.29. The number of nitrogens with two attached hydrogens (primary N) is 1. The molecule has 2 unspecified atom stereocenters. The average molecular weight is 295 g/mol. The molecule has 0 saturated carbocycles. The first-order chi connectivity index (χ1) is 10.2. The fourth-order valence-corrected chi connectivity index (χ4v) is 2.25. The van der Waals surface area contributed by atoms with Gasteiger partial charge in [0.05, 0.1) is 19.0 Å². The number of imidazole rings is 1. The Morgan fingerprint density at radius 2 is 2.52 bits per heavy atom. The van der Waals surface area contributed by atoms with E-state index < -0.39 is 0 Å². The van der Waals surface area contributed by atoms with E-state index in [0.29, 0.717) is 25.3 Å². The van der Waals surface area contributed by atoms with Crippen LogP contribution in [-0.2, 0) is 9.47 Å². The van der Waals surface area contributed by atoms with Crippen molar-refractivity contribution in [2.45, 2.75) is 32.1 Å². The summed E-state index contributed by atoms with van der Waals surface area (Å²) in [5.41, 5.74) is 5.95. The fourth-order valence-electron chi connectivity index (χ4n) is 2.25. The highest BCUT2D eigenvalue weighted by Crippen LogP contribution is 2.31. The number of carbonyl (C=O) groups excluding carboxylic acids is 1. The number of aliphatic imine (C=N–C) groups is 1. The molecule has 0 radical (unpaired) electrons. The first kappa shape index (κ1) is 15.5. The monoisotopic (exact) mass is 295 g/mol. The van der Waals surface area contributed by atoms with Gasteiger partial charge >= 0.3 is 0 Å². The summed E-state index contributed by atoms with van der Waals surface area (Å²) in [4.78, 5) is 19.0. The normalized spacial score (nSPS) is 22.5. The number of hydrogen-bond donors (Lipinski definition) is 2. The number of guanidine groups is 1. The van der Waals surface area contributed by atoms with E-state index in [1.165, 1.54) is 0 Å². The zero-order chi connectivity index (χ0) is 15.2. The van der Waals surface area contributed by atoms with Crippen molar-refractivity contribution in [2.75, 3.05) is 25.6 Å². The Balaban J connectivity index is 2.13. The lowest BCUT2D eigenvalue weighted by Gasteiger charge is -2.18. The second-order valence-electron chi connectivity index (χ2n) is 4.69. The molecule has 0 aliphatic carbocycles. The first-order valence-corrected chi connectivity index (χ1v) is 6.94. The molecule has 0 amide bonds. The third-order valence-corrected chi connectivity index (χ3v) is 3.32. The molecule has 2 rings (SSSR count). The minimum atomic E-state index is -0.191. The summed E-state index contributed by atoms with van der Waals surface area (Å²) in [6.45, 7) is 3.19. The van der Waals surface area contributed by atoms with Gasteiger partial charge < -0.3 is 20.5 Å². The standard InChI is InChI=1S/C13H21N5O3/c1-3-20-7-9-4-5-11(21-9)18-8-16-10(6-19)12(18)17-13(14)15-2/h6,8-9,11H,3-5,7H2,1-2H3,(H3,14,15,17). The van der Waals surface area contributed by atoms with Crippen LogP contribution in [0.4, 0.5) is 5.82 Å². The van der Waals surface area contributed by atoms with Crippen molar-refractivity contribution >= 4 is 18.1 Å². The summed E-state index contributed by atoms with van der Waals surface area (Å²) >= 11 is 0. The molecule has 1 aromatic heterocycles. The summed E-state index contributed by atoms with van der Waals surface area (Å²) in [5, 5.41) is 2.88. The molecule has 0 aromatic carbocycles. The molecule has 116 valence electrons. The number of ether oxygens (including phenoxy) is 2. The van der Waals surface area contributed by atoms with Crippen LogP contribution < -0.4 is 11.1 Å². The molecule has 1 aromatic rings. The van der Waals surface area contributed by atoms with E-state index in [9.17, 15) is 4.79 Å². The van der Waals surface area contributed by atoms with Crippen LogP contribution in [0, 0.1) is 0 Å². The molecule has 8 nitrogen and oxygen atoms in total. The summed E-state index contributed by atoms with van der Waals surface area (Å²) in [6.07, 6.45) is 3.84. The van der Waals surface area contributed by atoms with Crippen LogP contribution in [0.2, 0.25) is 0 Å². The molecular weight excluding hydrogens is 274 g/mol. The van der Waals surface area contributed by atoms with E-state index in [-0.39, 0.29) is 24.0 Å². The maximum atomic E-state index is 11.1. The van der Waals surface area contributed by atoms with E-state index in [1.807, 2.05) is 6.92 Å².